The number of Topliss-reactive ketones (excluding diaryl/α,β-unsaturated/α-hetero) is 1. The van der Waals surface area contributed by atoms with Crippen LogP contribution in [0.2, 0.25) is 0 Å². The van der Waals surface area contributed by atoms with Crippen molar-refractivity contribution < 1.29 is 19.1 Å². The molecular formula is C22H22FN5O3. The first-order valence-corrected chi connectivity index (χ1v) is 9.90. The fraction of sp³-hybridized carbons (Fsp3) is 0.273. The number of carbonyl (C=O) groups is 2. The van der Waals surface area contributed by atoms with E-state index in [0.29, 0.717) is 29.9 Å². The van der Waals surface area contributed by atoms with Gasteiger partial charge in [0.25, 0.3) is 11.7 Å². The Balaban J connectivity index is 1.78. The molecule has 31 heavy (non-hydrogen) atoms. The summed E-state index contributed by atoms with van der Waals surface area (Å²) >= 11 is 0. The molecule has 0 bridgehead atoms. The maximum atomic E-state index is 14.8. The van der Waals surface area contributed by atoms with Crippen molar-refractivity contribution in [2.45, 2.75) is 32.9 Å². The third kappa shape index (κ3) is 3.63. The molecule has 2 aromatic heterocycles. The van der Waals surface area contributed by atoms with Crippen molar-refractivity contribution in [1.82, 2.24) is 24.6 Å². The van der Waals surface area contributed by atoms with Crippen molar-refractivity contribution >= 4 is 17.4 Å². The van der Waals surface area contributed by atoms with Crippen LogP contribution in [-0.4, -0.2) is 48.0 Å². The van der Waals surface area contributed by atoms with Gasteiger partial charge in [-0.05, 0) is 26.3 Å². The van der Waals surface area contributed by atoms with Crippen LogP contribution in [0.5, 0.6) is 0 Å². The molecule has 0 aliphatic carbocycles. The fourth-order valence-electron chi connectivity index (χ4n) is 4.01. The van der Waals surface area contributed by atoms with Gasteiger partial charge in [0, 0.05) is 36.7 Å². The molecule has 160 valence electrons. The van der Waals surface area contributed by atoms with Crippen molar-refractivity contribution in [3.63, 3.8) is 0 Å². The highest BCUT2D eigenvalue weighted by Gasteiger charge is 2.47. The van der Waals surface area contributed by atoms with Crippen LogP contribution in [0, 0.1) is 19.7 Å². The summed E-state index contributed by atoms with van der Waals surface area (Å²) < 4.78 is 16.6. The maximum absolute atomic E-state index is 14.8. The number of ketones is 1. The lowest BCUT2D eigenvalue weighted by Crippen LogP contribution is -2.31. The maximum Gasteiger partial charge on any atom is 0.295 e. The van der Waals surface area contributed by atoms with E-state index in [2.05, 4.69) is 15.2 Å². The number of rotatable bonds is 6. The Morgan fingerprint density at radius 1 is 1.23 bits per heavy atom. The Morgan fingerprint density at radius 3 is 2.65 bits per heavy atom. The second-order valence-corrected chi connectivity index (χ2v) is 7.48. The summed E-state index contributed by atoms with van der Waals surface area (Å²) in [5.41, 5.74) is 1.40. The molecule has 1 aromatic carbocycles. The number of hydrogen-bond donors (Lipinski definition) is 2. The number of imidazole rings is 1. The number of likely N-dealkylation sites (tertiary alicyclic amines) is 1. The van der Waals surface area contributed by atoms with Gasteiger partial charge in [0.05, 0.1) is 29.2 Å². The summed E-state index contributed by atoms with van der Waals surface area (Å²) in [5, 5.41) is 17.9. The first kappa shape index (κ1) is 20.5. The van der Waals surface area contributed by atoms with Crippen molar-refractivity contribution in [2.24, 2.45) is 0 Å². The van der Waals surface area contributed by atoms with Gasteiger partial charge in [-0.2, -0.15) is 5.10 Å². The number of aliphatic hydroxyl groups is 1. The van der Waals surface area contributed by atoms with Crippen LogP contribution >= 0.6 is 0 Å². The molecule has 1 fully saturated rings. The Labute approximate surface area is 178 Å². The molecule has 0 saturated carbocycles. The standard InChI is InChI=1S/C22H22FN5O3/c1-13-17(14(2)26-25-13)20(29)18-19(15-6-3-4-7-16(15)23)28(22(31)21(18)30)10-5-9-27-11-8-24-12-27/h3-4,6-8,11-12,19,29H,5,9-10H2,1-2H3,(H,25,26)/b20-18+. The number of H-pyrrole nitrogens is 1. The van der Waals surface area contributed by atoms with Crippen LogP contribution in [0.1, 0.15) is 35.0 Å². The zero-order valence-electron chi connectivity index (χ0n) is 17.2. The number of benzene rings is 1. The Bertz CT molecular complexity index is 1150. The molecule has 1 saturated heterocycles. The number of amides is 1. The molecule has 3 heterocycles. The van der Waals surface area contributed by atoms with Crippen LogP contribution in [0.15, 0.2) is 48.6 Å². The zero-order chi connectivity index (χ0) is 22.1. The van der Waals surface area contributed by atoms with Gasteiger partial charge in [-0.15, -0.1) is 0 Å². The molecule has 9 heteroatoms. The SMILES string of the molecule is Cc1n[nH]c(C)c1/C(O)=C1\C(=O)C(=O)N(CCCn2ccnc2)C1c1ccccc1F. The topological polar surface area (TPSA) is 104 Å². The molecule has 1 unspecified atom stereocenters. The van der Waals surface area contributed by atoms with E-state index in [9.17, 15) is 19.1 Å². The normalized spacial score (nSPS) is 18.2. The van der Waals surface area contributed by atoms with E-state index >= 15 is 0 Å². The smallest absolute Gasteiger partial charge is 0.295 e. The number of nitrogens with one attached hydrogen (secondary N) is 1. The average molecular weight is 423 g/mol. The van der Waals surface area contributed by atoms with Gasteiger partial charge in [0.2, 0.25) is 0 Å². The lowest BCUT2D eigenvalue weighted by Gasteiger charge is -2.25. The van der Waals surface area contributed by atoms with Gasteiger partial charge in [-0.3, -0.25) is 14.7 Å². The predicted molar refractivity (Wildman–Crippen MR) is 110 cm³/mol. The molecule has 1 amide bonds. The van der Waals surface area contributed by atoms with Crippen LogP contribution in [0.3, 0.4) is 0 Å². The average Bonchev–Trinajstić information content (AvgIpc) is 3.44. The zero-order valence-corrected chi connectivity index (χ0v) is 17.2. The van der Waals surface area contributed by atoms with Gasteiger partial charge in [0.15, 0.2) is 0 Å². The molecular weight excluding hydrogens is 401 g/mol. The highest BCUT2D eigenvalue weighted by molar-refractivity contribution is 6.46. The monoisotopic (exact) mass is 423 g/mol. The summed E-state index contributed by atoms with van der Waals surface area (Å²) in [7, 11) is 0. The summed E-state index contributed by atoms with van der Waals surface area (Å²) in [4.78, 5) is 31.2. The van der Waals surface area contributed by atoms with E-state index in [-0.39, 0.29) is 23.4 Å². The van der Waals surface area contributed by atoms with E-state index in [4.69, 9.17) is 0 Å². The minimum absolute atomic E-state index is 0.134. The minimum atomic E-state index is -1.03. The van der Waals surface area contributed by atoms with E-state index in [1.165, 1.54) is 23.1 Å². The number of nitrogens with zero attached hydrogens (tertiary/aromatic N) is 4. The Hall–Kier alpha value is -3.75. The highest BCUT2D eigenvalue weighted by Crippen LogP contribution is 2.41. The number of aryl methyl sites for hydroxylation is 3. The third-order valence-corrected chi connectivity index (χ3v) is 5.48. The number of halogens is 1. The van der Waals surface area contributed by atoms with Gasteiger partial charge < -0.3 is 14.6 Å². The van der Waals surface area contributed by atoms with Crippen molar-refractivity contribution in [2.75, 3.05) is 6.54 Å². The number of aromatic amines is 1. The summed E-state index contributed by atoms with van der Waals surface area (Å²) in [6.07, 6.45) is 5.64. The van der Waals surface area contributed by atoms with E-state index < -0.39 is 23.5 Å². The second-order valence-electron chi connectivity index (χ2n) is 7.48. The van der Waals surface area contributed by atoms with Gasteiger partial charge >= 0.3 is 0 Å². The predicted octanol–water partition coefficient (Wildman–Crippen LogP) is 2.87. The Kier molecular flexibility index (Phi) is 5.41. The van der Waals surface area contributed by atoms with Crippen molar-refractivity contribution in [3.05, 3.63) is 76.9 Å². The van der Waals surface area contributed by atoms with Crippen LogP contribution in [0.4, 0.5) is 4.39 Å². The summed E-state index contributed by atoms with van der Waals surface area (Å²) in [6, 6.07) is 4.94. The number of aliphatic hydroxyl groups excluding tert-OH is 1. The lowest BCUT2D eigenvalue weighted by atomic mass is 9.94. The number of hydrogen-bond acceptors (Lipinski definition) is 5. The quantitative estimate of drug-likeness (QED) is 0.360. The molecule has 1 aliphatic rings. The molecule has 4 rings (SSSR count). The largest absolute Gasteiger partial charge is 0.507 e. The first-order chi connectivity index (χ1) is 14.9. The lowest BCUT2D eigenvalue weighted by molar-refractivity contribution is -0.140. The molecule has 1 atom stereocenters. The molecule has 2 N–H and O–H groups in total. The van der Waals surface area contributed by atoms with Crippen molar-refractivity contribution in [1.29, 1.82) is 0 Å². The summed E-state index contributed by atoms with van der Waals surface area (Å²) in [6.45, 7) is 4.17. The van der Waals surface area contributed by atoms with Crippen molar-refractivity contribution in [3.8, 4) is 0 Å². The first-order valence-electron chi connectivity index (χ1n) is 9.90. The van der Waals surface area contributed by atoms with E-state index in [0.717, 1.165) is 0 Å². The Morgan fingerprint density at radius 2 is 2.00 bits per heavy atom. The summed E-state index contributed by atoms with van der Waals surface area (Å²) in [5.74, 6) is -2.51. The molecule has 0 radical (unpaired) electrons. The van der Waals surface area contributed by atoms with Gasteiger partial charge in [-0.25, -0.2) is 9.37 Å². The van der Waals surface area contributed by atoms with E-state index in [1.54, 1.807) is 38.6 Å². The third-order valence-electron chi connectivity index (χ3n) is 5.48. The van der Waals surface area contributed by atoms with Crippen LogP contribution in [-0.2, 0) is 16.1 Å². The number of carbonyl (C=O) groups excluding carboxylic acids is 2. The molecule has 3 aromatic rings. The van der Waals surface area contributed by atoms with Crippen LogP contribution in [0.25, 0.3) is 5.76 Å². The molecule has 0 spiro atoms. The van der Waals surface area contributed by atoms with Gasteiger partial charge in [-0.1, -0.05) is 18.2 Å². The minimum Gasteiger partial charge on any atom is -0.507 e. The van der Waals surface area contributed by atoms with Crippen LogP contribution < -0.4 is 0 Å². The van der Waals surface area contributed by atoms with E-state index in [1.807, 2.05) is 4.57 Å². The highest BCUT2D eigenvalue weighted by atomic mass is 19.1. The number of aromatic nitrogens is 4. The molecule has 1 aliphatic heterocycles. The second kappa shape index (κ2) is 8.17. The fourth-order valence-corrected chi connectivity index (χ4v) is 4.01. The van der Waals surface area contributed by atoms with Gasteiger partial charge in [0.1, 0.15) is 11.6 Å². The molecule has 8 nitrogen and oxygen atoms in total.